The highest BCUT2D eigenvalue weighted by molar-refractivity contribution is 5.74. The topological polar surface area (TPSA) is 175 Å². The van der Waals surface area contributed by atoms with Crippen molar-refractivity contribution in [2.24, 2.45) is 0 Å². The van der Waals surface area contributed by atoms with E-state index < -0.39 is 67.3 Å². The molecule has 0 radical (unpaired) electrons. The minimum atomic E-state index is -1.91. The zero-order valence-electron chi connectivity index (χ0n) is 48.7. The number of carbonyl (C=O) groups is 4. The van der Waals surface area contributed by atoms with Crippen LogP contribution < -0.4 is 0 Å². The average molecular weight is 1080 g/mol. The smallest absolute Gasteiger partial charge is 0.335 e. The number of ether oxygens (including phenoxy) is 5. The van der Waals surface area contributed by atoms with Gasteiger partial charge in [-0.15, -0.1) is 0 Å². The minimum absolute atomic E-state index is 0.0459. The molecule has 442 valence electrons. The van der Waals surface area contributed by atoms with E-state index in [1.54, 1.807) is 0 Å². The van der Waals surface area contributed by atoms with Crippen molar-refractivity contribution in [1.82, 2.24) is 0 Å². The fourth-order valence-corrected chi connectivity index (χ4v) is 9.02. The number of aliphatic carboxylic acids is 1. The number of aliphatic hydroxyl groups excluding tert-OH is 2. The summed E-state index contributed by atoms with van der Waals surface area (Å²) in [6.45, 7) is 5.82. The maximum Gasteiger partial charge on any atom is 0.335 e. The molecular weight excluding hydrogens is 973 g/mol. The Hall–Kier alpha value is -3.84. The maximum atomic E-state index is 13.2. The van der Waals surface area contributed by atoms with Crippen molar-refractivity contribution in [1.29, 1.82) is 0 Å². The van der Waals surface area contributed by atoms with E-state index >= 15 is 0 Å². The molecular formula is C65H110O12. The molecule has 0 aliphatic carbocycles. The quantitative estimate of drug-likeness (QED) is 0.0228. The molecule has 0 saturated carbocycles. The van der Waals surface area contributed by atoms with Crippen molar-refractivity contribution >= 4 is 23.9 Å². The van der Waals surface area contributed by atoms with Crippen LogP contribution in [0.1, 0.15) is 265 Å². The first kappa shape index (κ1) is 71.2. The third-order valence-corrected chi connectivity index (χ3v) is 13.8. The van der Waals surface area contributed by atoms with Crippen molar-refractivity contribution < 1.29 is 58.2 Å². The van der Waals surface area contributed by atoms with Crippen molar-refractivity contribution in [3.63, 3.8) is 0 Å². The van der Waals surface area contributed by atoms with Crippen LogP contribution in [0.4, 0.5) is 0 Å². The first-order chi connectivity index (χ1) is 37.6. The van der Waals surface area contributed by atoms with Gasteiger partial charge in [0.15, 0.2) is 24.6 Å². The molecule has 0 aromatic rings. The van der Waals surface area contributed by atoms with Crippen LogP contribution in [0, 0.1) is 0 Å². The number of hydrogen-bond donors (Lipinski definition) is 3. The predicted octanol–water partition coefficient (Wildman–Crippen LogP) is 16.1. The lowest BCUT2D eigenvalue weighted by molar-refractivity contribution is -0.301. The van der Waals surface area contributed by atoms with Crippen molar-refractivity contribution in [3.05, 3.63) is 72.9 Å². The fraction of sp³-hybridized carbons (Fsp3) is 0.754. The lowest BCUT2D eigenvalue weighted by Crippen LogP contribution is -2.61. The number of hydrogen-bond acceptors (Lipinski definition) is 11. The molecule has 6 unspecified atom stereocenters. The van der Waals surface area contributed by atoms with E-state index in [0.717, 1.165) is 109 Å². The molecule has 0 aromatic heterocycles. The van der Waals surface area contributed by atoms with Crippen LogP contribution in [0.5, 0.6) is 0 Å². The van der Waals surface area contributed by atoms with E-state index in [1.807, 2.05) is 0 Å². The summed E-state index contributed by atoms with van der Waals surface area (Å²) < 4.78 is 28.4. The summed E-state index contributed by atoms with van der Waals surface area (Å²) in [6.07, 6.45) is 54.5. The molecule has 3 N–H and O–H groups in total. The molecule has 6 atom stereocenters. The Bertz CT molecular complexity index is 1620. The molecule has 1 heterocycles. The minimum Gasteiger partial charge on any atom is -0.479 e. The van der Waals surface area contributed by atoms with Crippen molar-refractivity contribution in [2.75, 3.05) is 13.2 Å². The summed E-state index contributed by atoms with van der Waals surface area (Å²) >= 11 is 0. The van der Waals surface area contributed by atoms with Gasteiger partial charge in [-0.05, 0) is 83.5 Å². The number of allylic oxidation sites excluding steroid dienone is 12. The fourth-order valence-electron chi connectivity index (χ4n) is 9.02. The van der Waals surface area contributed by atoms with Gasteiger partial charge in [0.2, 0.25) is 0 Å². The Morgan fingerprint density at radius 2 is 0.831 bits per heavy atom. The molecule has 0 amide bonds. The van der Waals surface area contributed by atoms with E-state index in [-0.39, 0.29) is 25.9 Å². The number of unbranched alkanes of at least 4 members (excludes halogenated alkanes) is 26. The van der Waals surface area contributed by atoms with Gasteiger partial charge in [-0.3, -0.25) is 14.4 Å². The van der Waals surface area contributed by atoms with Gasteiger partial charge in [0.1, 0.15) is 18.8 Å². The summed E-state index contributed by atoms with van der Waals surface area (Å²) in [5, 5.41) is 31.5. The van der Waals surface area contributed by atoms with Crippen LogP contribution in [-0.2, 0) is 42.9 Å². The van der Waals surface area contributed by atoms with Gasteiger partial charge >= 0.3 is 23.9 Å². The molecule has 12 heteroatoms. The van der Waals surface area contributed by atoms with Gasteiger partial charge in [-0.25, -0.2) is 4.79 Å². The Morgan fingerprint density at radius 1 is 0.442 bits per heavy atom. The van der Waals surface area contributed by atoms with E-state index in [1.165, 1.54) is 96.3 Å². The highest BCUT2D eigenvalue weighted by Crippen LogP contribution is 2.26. The monoisotopic (exact) mass is 1080 g/mol. The molecule has 0 aromatic carbocycles. The second-order valence-corrected chi connectivity index (χ2v) is 21.0. The Morgan fingerprint density at radius 3 is 1.31 bits per heavy atom. The first-order valence-electron chi connectivity index (χ1n) is 30.9. The van der Waals surface area contributed by atoms with Crippen LogP contribution in [0.2, 0.25) is 0 Å². The SMILES string of the molecule is CC/C=C\C/C=C\C/C=C\C/C=C\C/C=C\CCCCCC(=O)OCC(COC1OC(C(=O)O)C(O)C(O)C1OC(=O)CCCCCCC/C=C\CCCC)OC(=O)CCCCCCCCCCCCCCCCCCC. The van der Waals surface area contributed by atoms with Crippen molar-refractivity contribution in [3.8, 4) is 0 Å². The number of carboxylic acid groups (broad SMARTS) is 1. The van der Waals surface area contributed by atoms with E-state index in [4.69, 9.17) is 23.7 Å². The van der Waals surface area contributed by atoms with Gasteiger partial charge < -0.3 is 39.0 Å². The summed E-state index contributed by atoms with van der Waals surface area (Å²) in [4.78, 5) is 51.2. The van der Waals surface area contributed by atoms with E-state index in [9.17, 15) is 34.5 Å². The van der Waals surface area contributed by atoms with Gasteiger partial charge in [-0.2, -0.15) is 0 Å². The molecule has 1 rings (SSSR count). The lowest BCUT2D eigenvalue weighted by Gasteiger charge is -2.40. The molecule has 0 spiro atoms. The van der Waals surface area contributed by atoms with Crippen LogP contribution in [-0.4, -0.2) is 89.2 Å². The normalized spacial score (nSPS) is 18.5. The Labute approximate surface area is 468 Å². The number of esters is 3. The molecule has 12 nitrogen and oxygen atoms in total. The summed E-state index contributed by atoms with van der Waals surface area (Å²) in [7, 11) is 0. The van der Waals surface area contributed by atoms with Crippen LogP contribution in [0.25, 0.3) is 0 Å². The molecule has 1 aliphatic heterocycles. The first-order valence-corrected chi connectivity index (χ1v) is 30.9. The maximum absolute atomic E-state index is 13.2. The molecule has 1 saturated heterocycles. The molecule has 0 bridgehead atoms. The third kappa shape index (κ3) is 42.7. The van der Waals surface area contributed by atoms with Gasteiger partial charge in [-0.1, -0.05) is 235 Å². The van der Waals surface area contributed by atoms with E-state index in [2.05, 4.69) is 93.7 Å². The highest BCUT2D eigenvalue weighted by atomic mass is 16.7. The largest absolute Gasteiger partial charge is 0.479 e. The number of rotatable bonds is 52. The van der Waals surface area contributed by atoms with Crippen molar-refractivity contribution in [2.45, 2.75) is 302 Å². The lowest BCUT2D eigenvalue weighted by atomic mass is 9.98. The Kier molecular flexibility index (Phi) is 48.8. The predicted molar refractivity (Wildman–Crippen MR) is 312 cm³/mol. The standard InChI is InChI=1S/C65H110O12/c1-4-7-10-13-16-19-22-24-26-28-29-31-32-34-37-39-42-45-48-51-57(66)73-54-56(75-58(67)52-49-46-43-41-38-35-33-30-27-25-23-20-17-14-11-8-5-2)55-74-65-63(61(70)60(69)62(77-65)64(71)72)76-59(68)53-50-47-44-40-36-21-18-15-12-9-6-3/h7,10,15-16,18-19,24,26,29,31,34,37,56,60-63,65,69-70H,4-6,8-9,11-14,17,20-23,25,27-28,30,32-33,35-36,38-55H2,1-3H3,(H,71,72)/b10-7-,18-15-,19-16-,26-24-,31-29-,37-34-. The van der Waals surface area contributed by atoms with Crippen LogP contribution in [0.3, 0.4) is 0 Å². The zero-order valence-corrected chi connectivity index (χ0v) is 48.7. The van der Waals surface area contributed by atoms with Gasteiger partial charge in [0.25, 0.3) is 0 Å². The second-order valence-electron chi connectivity index (χ2n) is 21.0. The summed E-state index contributed by atoms with van der Waals surface area (Å²) in [5.41, 5.74) is 0. The van der Waals surface area contributed by atoms with Gasteiger partial charge in [0.05, 0.1) is 6.61 Å². The highest BCUT2D eigenvalue weighted by Gasteiger charge is 2.50. The zero-order chi connectivity index (χ0) is 56.1. The van der Waals surface area contributed by atoms with E-state index in [0.29, 0.717) is 19.3 Å². The molecule has 77 heavy (non-hydrogen) atoms. The third-order valence-electron chi connectivity index (χ3n) is 13.8. The average Bonchev–Trinajstić information content (AvgIpc) is 3.42. The Balaban J connectivity index is 2.69. The summed E-state index contributed by atoms with van der Waals surface area (Å²) in [5.74, 6) is -3.16. The number of aliphatic hydroxyl groups is 2. The summed E-state index contributed by atoms with van der Waals surface area (Å²) in [6, 6.07) is 0. The second kappa shape index (κ2) is 52.8. The van der Waals surface area contributed by atoms with Gasteiger partial charge in [0, 0.05) is 19.3 Å². The number of carboxylic acids is 1. The van der Waals surface area contributed by atoms with Crippen LogP contribution in [0.15, 0.2) is 72.9 Å². The molecule has 1 aliphatic rings. The number of carbonyl (C=O) groups excluding carboxylic acids is 3. The molecule has 1 fully saturated rings. The van der Waals surface area contributed by atoms with Crippen LogP contribution >= 0.6 is 0 Å².